The summed E-state index contributed by atoms with van der Waals surface area (Å²) in [6.45, 7) is 2.12. The molecular formula is C17H22N4O3. The predicted molar refractivity (Wildman–Crippen MR) is 89.4 cm³/mol. The van der Waals surface area contributed by atoms with Gasteiger partial charge in [0.25, 0.3) is 5.91 Å². The number of likely N-dealkylation sites (N-methyl/N-ethyl adjacent to an activating group) is 1. The van der Waals surface area contributed by atoms with Gasteiger partial charge in [-0.05, 0) is 25.5 Å². The molecule has 1 aromatic carbocycles. The Kier molecular flexibility index (Phi) is 4.17. The van der Waals surface area contributed by atoms with Crippen molar-refractivity contribution in [3.05, 3.63) is 29.8 Å². The predicted octanol–water partition coefficient (Wildman–Crippen LogP) is 0.685. The summed E-state index contributed by atoms with van der Waals surface area (Å²) in [6, 6.07) is 6.81. The highest BCUT2D eigenvalue weighted by atomic mass is 16.2. The van der Waals surface area contributed by atoms with Crippen LogP contribution in [0.1, 0.15) is 36.5 Å². The fraction of sp³-hybridized carbons (Fsp3) is 0.471. The molecule has 1 spiro atoms. The molecule has 2 aliphatic heterocycles. The fourth-order valence-electron chi connectivity index (χ4n) is 3.40. The Morgan fingerprint density at radius 1 is 1.25 bits per heavy atom. The monoisotopic (exact) mass is 330 g/mol. The summed E-state index contributed by atoms with van der Waals surface area (Å²) in [6.07, 6.45) is 1.31. The van der Waals surface area contributed by atoms with Crippen molar-refractivity contribution in [1.29, 1.82) is 0 Å². The molecule has 3 N–H and O–H groups in total. The topological polar surface area (TPSA) is 90.5 Å². The van der Waals surface area contributed by atoms with Crippen LogP contribution >= 0.6 is 0 Å². The number of carbonyl (C=O) groups excluding carboxylic acids is 3. The summed E-state index contributed by atoms with van der Waals surface area (Å²) in [7, 11) is 1.56. The number of hydrogen-bond donors (Lipinski definition) is 3. The first-order valence-electron chi connectivity index (χ1n) is 8.16. The lowest BCUT2D eigenvalue weighted by molar-refractivity contribution is -0.139. The van der Waals surface area contributed by atoms with E-state index in [1.165, 1.54) is 0 Å². The van der Waals surface area contributed by atoms with Crippen molar-refractivity contribution in [3.8, 4) is 0 Å². The molecule has 7 nitrogen and oxygen atoms in total. The molecule has 1 aromatic rings. The number of hydrogen-bond acceptors (Lipinski definition) is 4. The van der Waals surface area contributed by atoms with Crippen molar-refractivity contribution in [2.75, 3.05) is 18.9 Å². The summed E-state index contributed by atoms with van der Waals surface area (Å²) in [5.41, 5.74) is 0.730. The molecule has 128 valence electrons. The van der Waals surface area contributed by atoms with Crippen LogP contribution in [0, 0.1) is 0 Å². The molecule has 0 aromatic heterocycles. The molecule has 0 bridgehead atoms. The number of likely N-dealkylation sites (tertiary alicyclic amines) is 1. The van der Waals surface area contributed by atoms with E-state index < -0.39 is 11.7 Å². The van der Waals surface area contributed by atoms with Crippen LogP contribution in [0.25, 0.3) is 0 Å². The van der Waals surface area contributed by atoms with Gasteiger partial charge in [0.2, 0.25) is 11.8 Å². The number of rotatable bonds is 2. The van der Waals surface area contributed by atoms with E-state index in [1.807, 2.05) is 18.2 Å². The van der Waals surface area contributed by atoms with Crippen molar-refractivity contribution < 1.29 is 14.4 Å². The van der Waals surface area contributed by atoms with Crippen LogP contribution in [0.5, 0.6) is 0 Å². The summed E-state index contributed by atoms with van der Waals surface area (Å²) in [5, 5.41) is 8.99. The first-order chi connectivity index (χ1) is 11.5. The van der Waals surface area contributed by atoms with Crippen LogP contribution in [-0.4, -0.2) is 47.9 Å². The minimum Gasteiger partial charge on any atom is -0.362 e. The Morgan fingerprint density at radius 3 is 2.75 bits per heavy atom. The fourth-order valence-corrected chi connectivity index (χ4v) is 3.40. The second-order valence-electron chi connectivity index (χ2n) is 6.33. The number of anilines is 1. The molecule has 2 aliphatic rings. The summed E-state index contributed by atoms with van der Waals surface area (Å²) in [4.78, 5) is 38.3. The maximum absolute atomic E-state index is 12.4. The zero-order valence-electron chi connectivity index (χ0n) is 13.9. The van der Waals surface area contributed by atoms with E-state index in [2.05, 4.69) is 16.0 Å². The average Bonchev–Trinajstić information content (AvgIpc) is 2.73. The van der Waals surface area contributed by atoms with Crippen molar-refractivity contribution >= 4 is 23.4 Å². The standard InChI is InChI=1S/C17H22N4O3/c1-11(15(23)18-2)21-10-9-17(8-7-14(21)22)19-13-6-4-3-5-12(13)16(24)20-17/h3-6,11,19H,7-10H2,1-2H3,(H,18,23)(H,20,24)/t11-,17-/m1/s1. The first-order valence-corrected chi connectivity index (χ1v) is 8.16. The number of amides is 3. The van der Waals surface area contributed by atoms with Gasteiger partial charge < -0.3 is 20.9 Å². The Hall–Kier alpha value is -2.57. The molecule has 1 saturated heterocycles. The number of fused-ring (bicyclic) bond motifs is 1. The smallest absolute Gasteiger partial charge is 0.255 e. The van der Waals surface area contributed by atoms with Gasteiger partial charge in [0, 0.05) is 32.1 Å². The molecule has 2 heterocycles. The number of benzene rings is 1. The molecule has 3 rings (SSSR count). The largest absolute Gasteiger partial charge is 0.362 e. The number of nitrogens with one attached hydrogen (secondary N) is 3. The molecule has 0 unspecified atom stereocenters. The molecule has 2 atom stereocenters. The third-order valence-corrected chi connectivity index (χ3v) is 4.86. The summed E-state index contributed by atoms with van der Waals surface area (Å²) < 4.78 is 0. The number of carbonyl (C=O) groups is 3. The molecule has 0 radical (unpaired) electrons. The zero-order valence-corrected chi connectivity index (χ0v) is 13.9. The molecule has 0 aliphatic carbocycles. The van der Waals surface area contributed by atoms with Gasteiger partial charge >= 0.3 is 0 Å². The highest BCUT2D eigenvalue weighted by molar-refractivity contribution is 6.02. The molecule has 0 saturated carbocycles. The average molecular weight is 330 g/mol. The highest BCUT2D eigenvalue weighted by Crippen LogP contribution is 2.31. The van der Waals surface area contributed by atoms with Crippen molar-refractivity contribution in [2.24, 2.45) is 0 Å². The third kappa shape index (κ3) is 2.81. The second kappa shape index (κ2) is 6.14. The SMILES string of the molecule is CNC(=O)[C@@H](C)N1CC[C@@]2(CCC1=O)NC(=O)c1ccccc1N2. The van der Waals surface area contributed by atoms with Crippen molar-refractivity contribution in [2.45, 2.75) is 37.9 Å². The maximum Gasteiger partial charge on any atom is 0.255 e. The molecule has 3 amide bonds. The molecular weight excluding hydrogens is 308 g/mol. The van der Waals surface area contributed by atoms with E-state index in [4.69, 9.17) is 0 Å². The van der Waals surface area contributed by atoms with Crippen molar-refractivity contribution in [1.82, 2.24) is 15.5 Å². The highest BCUT2D eigenvalue weighted by Gasteiger charge is 2.41. The number of para-hydroxylation sites is 1. The minimum absolute atomic E-state index is 0.0714. The Balaban J connectivity index is 1.82. The second-order valence-corrected chi connectivity index (χ2v) is 6.33. The normalized spacial score (nSPS) is 24.5. The summed E-state index contributed by atoms with van der Waals surface area (Å²) >= 11 is 0. The van der Waals surface area contributed by atoms with E-state index in [1.54, 1.807) is 24.9 Å². The minimum atomic E-state index is -0.655. The molecule has 7 heteroatoms. The van der Waals surface area contributed by atoms with Crippen LogP contribution in [0.15, 0.2) is 24.3 Å². The first kappa shape index (κ1) is 16.3. The Bertz CT molecular complexity index is 690. The van der Waals surface area contributed by atoms with Gasteiger partial charge in [0.15, 0.2) is 0 Å². The van der Waals surface area contributed by atoms with E-state index >= 15 is 0 Å². The van der Waals surface area contributed by atoms with Gasteiger partial charge in [-0.1, -0.05) is 12.1 Å². The lowest BCUT2D eigenvalue weighted by atomic mass is 9.95. The van der Waals surface area contributed by atoms with Crippen LogP contribution in [0.2, 0.25) is 0 Å². The van der Waals surface area contributed by atoms with Gasteiger partial charge in [-0.15, -0.1) is 0 Å². The lowest BCUT2D eigenvalue weighted by Gasteiger charge is -2.40. The van der Waals surface area contributed by atoms with Crippen LogP contribution in [0.4, 0.5) is 5.69 Å². The van der Waals surface area contributed by atoms with Crippen molar-refractivity contribution in [3.63, 3.8) is 0 Å². The molecule has 24 heavy (non-hydrogen) atoms. The quantitative estimate of drug-likeness (QED) is 0.744. The third-order valence-electron chi connectivity index (χ3n) is 4.86. The van der Waals surface area contributed by atoms with Gasteiger partial charge in [0.1, 0.15) is 11.7 Å². The Morgan fingerprint density at radius 2 is 2.00 bits per heavy atom. The maximum atomic E-state index is 12.4. The van der Waals surface area contributed by atoms with E-state index in [-0.39, 0.29) is 24.1 Å². The van der Waals surface area contributed by atoms with Gasteiger partial charge in [-0.25, -0.2) is 0 Å². The number of nitrogens with zero attached hydrogens (tertiary/aromatic N) is 1. The zero-order chi connectivity index (χ0) is 17.3. The van der Waals surface area contributed by atoms with Gasteiger partial charge in [-0.2, -0.15) is 0 Å². The van der Waals surface area contributed by atoms with E-state index in [0.717, 1.165) is 5.69 Å². The summed E-state index contributed by atoms with van der Waals surface area (Å²) in [5.74, 6) is -0.396. The Labute approximate surface area is 140 Å². The van der Waals surface area contributed by atoms with Crippen LogP contribution in [0.3, 0.4) is 0 Å². The van der Waals surface area contributed by atoms with E-state index in [0.29, 0.717) is 24.9 Å². The van der Waals surface area contributed by atoms with E-state index in [9.17, 15) is 14.4 Å². The molecule has 1 fully saturated rings. The van der Waals surface area contributed by atoms with Gasteiger partial charge in [-0.3, -0.25) is 14.4 Å². The van der Waals surface area contributed by atoms with Crippen LogP contribution in [-0.2, 0) is 9.59 Å². The van der Waals surface area contributed by atoms with Gasteiger partial charge in [0.05, 0.1) is 5.56 Å². The lowest BCUT2D eigenvalue weighted by Crippen LogP contribution is -2.58. The van der Waals surface area contributed by atoms with Crippen LogP contribution < -0.4 is 16.0 Å².